The number of carboxylic acid groups (broad SMARTS) is 1. The van der Waals surface area contributed by atoms with Gasteiger partial charge >= 0.3 is 5.97 Å². The van der Waals surface area contributed by atoms with E-state index < -0.39 is 21.5 Å². The summed E-state index contributed by atoms with van der Waals surface area (Å²) in [4.78, 5) is 10.6. The molecule has 0 radical (unpaired) electrons. The Morgan fingerprint density at radius 2 is 1.62 bits per heavy atom. The van der Waals surface area contributed by atoms with Gasteiger partial charge in [-0.2, -0.15) is 0 Å². The molecule has 0 unspecified atom stereocenters. The fourth-order valence-corrected chi connectivity index (χ4v) is 3.57. The molecule has 6 heteroatoms. The molecule has 0 bridgehead atoms. The zero-order valence-electron chi connectivity index (χ0n) is 10.5. The summed E-state index contributed by atoms with van der Waals surface area (Å²) in [5.74, 6) is -1.05. The molecule has 96 valence electrons. The number of nitrogens with one attached hydrogen (secondary N) is 1. The predicted molar refractivity (Wildman–Crippen MR) is 62.7 cm³/mol. The van der Waals surface area contributed by atoms with Gasteiger partial charge in [0.25, 0.3) is 0 Å². The summed E-state index contributed by atoms with van der Waals surface area (Å²) in [7, 11) is -3.46. The molecular formula is C10H21NO4S. The number of hydrogen-bond acceptors (Lipinski definition) is 3. The van der Waals surface area contributed by atoms with Crippen LogP contribution in [0.5, 0.6) is 0 Å². The largest absolute Gasteiger partial charge is 0.481 e. The summed E-state index contributed by atoms with van der Waals surface area (Å²) in [6, 6.07) is 0. The third-order valence-electron chi connectivity index (χ3n) is 1.65. The minimum absolute atomic E-state index is 0.0248. The van der Waals surface area contributed by atoms with Crippen molar-refractivity contribution in [1.29, 1.82) is 0 Å². The maximum atomic E-state index is 11.7. The molecule has 0 aliphatic rings. The minimum atomic E-state index is -3.46. The second kappa shape index (κ2) is 4.71. The molecule has 0 saturated carbocycles. The highest BCUT2D eigenvalue weighted by Crippen LogP contribution is 2.18. The lowest BCUT2D eigenvalue weighted by molar-refractivity contribution is -0.138. The van der Waals surface area contributed by atoms with Gasteiger partial charge in [-0.1, -0.05) is 20.8 Å². The molecule has 2 N–H and O–H groups in total. The Morgan fingerprint density at radius 1 is 1.19 bits per heavy atom. The van der Waals surface area contributed by atoms with Crippen molar-refractivity contribution in [2.45, 2.75) is 46.6 Å². The summed E-state index contributed by atoms with van der Waals surface area (Å²) in [5.41, 5.74) is -1.32. The van der Waals surface area contributed by atoms with Gasteiger partial charge in [-0.15, -0.1) is 0 Å². The van der Waals surface area contributed by atoms with Gasteiger partial charge in [-0.3, -0.25) is 4.79 Å². The average molecular weight is 251 g/mol. The van der Waals surface area contributed by atoms with Gasteiger partial charge in [0.05, 0.1) is 12.2 Å². The topological polar surface area (TPSA) is 83.5 Å². The molecule has 0 fully saturated rings. The van der Waals surface area contributed by atoms with Crippen molar-refractivity contribution in [3.8, 4) is 0 Å². The number of carbonyl (C=O) groups is 1. The Kier molecular flexibility index (Phi) is 4.53. The Bertz CT molecular complexity index is 352. The van der Waals surface area contributed by atoms with Crippen molar-refractivity contribution in [2.75, 3.05) is 5.75 Å². The maximum Gasteiger partial charge on any atom is 0.305 e. The standard InChI is InChI=1S/C10H21NO4S/c1-9(2,3)7-16(14,15)11-10(4,5)6-8(12)13/h11H,6-7H2,1-5H3,(H,12,13). The lowest BCUT2D eigenvalue weighted by Gasteiger charge is -2.26. The first-order valence-corrected chi connectivity index (χ1v) is 6.72. The molecule has 0 aromatic rings. The van der Waals surface area contributed by atoms with E-state index in [1.807, 2.05) is 20.8 Å². The lowest BCUT2D eigenvalue weighted by Crippen LogP contribution is -2.47. The average Bonchev–Trinajstić information content (AvgIpc) is 1.69. The van der Waals surface area contributed by atoms with Crippen LogP contribution in [0.15, 0.2) is 0 Å². The van der Waals surface area contributed by atoms with Gasteiger partial charge in [0, 0.05) is 5.54 Å². The van der Waals surface area contributed by atoms with Gasteiger partial charge in [0.15, 0.2) is 0 Å². The first-order chi connectivity index (χ1) is 6.83. The molecule has 0 heterocycles. The fourth-order valence-electron chi connectivity index (χ4n) is 1.44. The summed E-state index contributed by atoms with van der Waals surface area (Å²) >= 11 is 0. The van der Waals surface area contributed by atoms with E-state index in [2.05, 4.69) is 4.72 Å². The third-order valence-corrected chi connectivity index (χ3v) is 3.76. The van der Waals surface area contributed by atoms with Crippen LogP contribution in [0.25, 0.3) is 0 Å². The SMILES string of the molecule is CC(C)(C)CS(=O)(=O)NC(C)(C)CC(=O)O. The fraction of sp³-hybridized carbons (Fsp3) is 0.900. The van der Waals surface area contributed by atoms with Crippen LogP contribution in [-0.2, 0) is 14.8 Å². The molecule has 0 amide bonds. The number of carboxylic acids is 1. The highest BCUT2D eigenvalue weighted by molar-refractivity contribution is 7.89. The molecule has 16 heavy (non-hydrogen) atoms. The highest BCUT2D eigenvalue weighted by atomic mass is 32.2. The van der Waals surface area contributed by atoms with Gasteiger partial charge in [0.1, 0.15) is 0 Å². The van der Waals surface area contributed by atoms with Crippen LogP contribution in [0.3, 0.4) is 0 Å². The highest BCUT2D eigenvalue weighted by Gasteiger charge is 2.30. The van der Waals surface area contributed by atoms with E-state index in [1.54, 1.807) is 13.8 Å². The predicted octanol–water partition coefficient (Wildman–Crippen LogP) is 1.21. The van der Waals surface area contributed by atoms with Crippen molar-refractivity contribution >= 4 is 16.0 Å². The van der Waals surface area contributed by atoms with E-state index in [0.717, 1.165) is 0 Å². The second-order valence-corrected chi connectivity index (χ2v) is 7.60. The monoisotopic (exact) mass is 251 g/mol. The quantitative estimate of drug-likeness (QED) is 0.769. The summed E-state index contributed by atoms with van der Waals surface area (Å²) in [5, 5.41) is 8.64. The normalized spacial score (nSPS) is 13.8. The van der Waals surface area contributed by atoms with Crippen molar-refractivity contribution in [1.82, 2.24) is 4.72 Å². The third kappa shape index (κ3) is 7.64. The van der Waals surface area contributed by atoms with E-state index in [4.69, 9.17) is 5.11 Å². The van der Waals surface area contributed by atoms with Gasteiger partial charge < -0.3 is 5.11 Å². The molecule has 0 rings (SSSR count). The van der Waals surface area contributed by atoms with E-state index in [1.165, 1.54) is 0 Å². The first kappa shape index (κ1) is 15.4. The minimum Gasteiger partial charge on any atom is -0.481 e. The van der Waals surface area contributed by atoms with E-state index in [-0.39, 0.29) is 17.6 Å². The zero-order valence-corrected chi connectivity index (χ0v) is 11.3. The number of rotatable bonds is 5. The van der Waals surface area contributed by atoms with Crippen molar-refractivity contribution in [2.24, 2.45) is 5.41 Å². The van der Waals surface area contributed by atoms with Crippen LogP contribution >= 0.6 is 0 Å². The van der Waals surface area contributed by atoms with E-state index >= 15 is 0 Å². The van der Waals surface area contributed by atoms with Gasteiger partial charge in [-0.25, -0.2) is 13.1 Å². The number of aliphatic carboxylic acids is 1. The van der Waals surface area contributed by atoms with Crippen LogP contribution in [0, 0.1) is 5.41 Å². The Morgan fingerprint density at radius 3 is 1.94 bits per heavy atom. The molecule has 0 saturated heterocycles. The molecular weight excluding hydrogens is 230 g/mol. The Labute approximate surface area is 97.3 Å². The molecule has 0 spiro atoms. The first-order valence-electron chi connectivity index (χ1n) is 5.06. The summed E-state index contributed by atoms with van der Waals surface area (Å²) in [6.07, 6.45) is -0.240. The van der Waals surface area contributed by atoms with Crippen LogP contribution < -0.4 is 4.72 Å². The van der Waals surface area contributed by atoms with Crippen molar-refractivity contribution in [3.05, 3.63) is 0 Å². The van der Waals surface area contributed by atoms with Crippen LogP contribution in [0.1, 0.15) is 41.0 Å². The van der Waals surface area contributed by atoms with Gasteiger partial charge in [0.2, 0.25) is 10.0 Å². The summed E-state index contributed by atoms with van der Waals surface area (Å²) in [6.45, 7) is 8.56. The lowest BCUT2D eigenvalue weighted by atomic mass is 10.0. The molecule has 0 aromatic carbocycles. The smallest absolute Gasteiger partial charge is 0.305 e. The summed E-state index contributed by atoms with van der Waals surface area (Å²) < 4.78 is 25.9. The van der Waals surface area contributed by atoms with Crippen LogP contribution in [0.2, 0.25) is 0 Å². The maximum absolute atomic E-state index is 11.7. The second-order valence-electron chi connectivity index (χ2n) is 5.88. The van der Waals surface area contributed by atoms with Crippen molar-refractivity contribution in [3.63, 3.8) is 0 Å². The Balaban J connectivity index is 4.65. The van der Waals surface area contributed by atoms with Crippen molar-refractivity contribution < 1.29 is 18.3 Å². The number of sulfonamides is 1. The van der Waals surface area contributed by atoms with E-state index in [0.29, 0.717) is 0 Å². The zero-order chi connectivity index (χ0) is 13.2. The Hall–Kier alpha value is -0.620. The van der Waals surface area contributed by atoms with Crippen LogP contribution in [0.4, 0.5) is 0 Å². The molecule has 0 aliphatic carbocycles. The van der Waals surface area contributed by atoms with E-state index in [9.17, 15) is 13.2 Å². The van der Waals surface area contributed by atoms with Gasteiger partial charge in [-0.05, 0) is 19.3 Å². The number of hydrogen-bond donors (Lipinski definition) is 2. The molecule has 5 nitrogen and oxygen atoms in total. The molecule has 0 aromatic heterocycles. The molecule has 0 atom stereocenters. The molecule has 0 aliphatic heterocycles. The van der Waals surface area contributed by atoms with Crippen LogP contribution in [-0.4, -0.2) is 30.8 Å².